The van der Waals surface area contributed by atoms with Crippen LogP contribution in [0.2, 0.25) is 0 Å². The Hall–Kier alpha value is -6.38. The number of carbonyl (C=O) groups excluding carboxylic acids is 1. The fraction of sp³-hybridized carbons (Fsp3) is 0.333. The normalized spacial score (nSPS) is 12.1. The fourth-order valence-corrected chi connectivity index (χ4v) is 4.49. The van der Waals surface area contributed by atoms with E-state index in [1.807, 2.05) is 0 Å². The predicted molar refractivity (Wildman–Crippen MR) is 208 cm³/mol. The quantitative estimate of drug-likeness (QED) is 0.0465. The summed E-state index contributed by atoms with van der Waals surface area (Å²) in [5.74, 6) is -3.87. The summed E-state index contributed by atoms with van der Waals surface area (Å²) in [5.41, 5.74) is 6.47. The highest BCUT2D eigenvalue weighted by molar-refractivity contribution is 5.97. The first kappa shape index (κ1) is 43.8. The van der Waals surface area contributed by atoms with Gasteiger partial charge in [-0.2, -0.15) is 4.98 Å². The highest BCUT2D eigenvalue weighted by atomic mass is 16.4. The number of rotatable bonds is 22. The van der Waals surface area contributed by atoms with Gasteiger partial charge in [-0.25, -0.2) is 14.8 Å². The van der Waals surface area contributed by atoms with E-state index in [0.717, 1.165) is 44.9 Å². The van der Waals surface area contributed by atoms with E-state index in [9.17, 15) is 24.0 Å². The van der Waals surface area contributed by atoms with Gasteiger partial charge in [0.15, 0.2) is 11.2 Å². The molecule has 2 heterocycles. The summed E-state index contributed by atoms with van der Waals surface area (Å²) in [5, 5.41) is 31.7. The number of allylic oxidation sites excluding steroid dienone is 10. The first-order valence-electron chi connectivity index (χ1n) is 17.6. The van der Waals surface area contributed by atoms with E-state index in [0.29, 0.717) is 11.4 Å². The fourth-order valence-electron chi connectivity index (χ4n) is 4.49. The number of nitrogens with two attached hydrogens (primary N) is 1. The molecule has 0 unspecified atom stereocenters. The third-order valence-electron chi connectivity index (χ3n) is 7.28. The minimum atomic E-state index is -1.31. The van der Waals surface area contributed by atoms with Crippen molar-refractivity contribution < 1.29 is 34.5 Å². The topological polar surface area (TPSA) is 251 Å². The number of nitrogen functional groups attached to an aromatic ring is 1. The number of carboxylic acids is 3. The van der Waals surface area contributed by atoms with E-state index in [2.05, 4.69) is 98.3 Å². The third kappa shape index (κ3) is 18.7. The SMILES string of the molecule is CC/C=C\C/C=C\C/C=C\C/C=C\C/C=C\CCCC(=O)O.Nc1nc2ncc(CNc3ccc(C(=O)N[C@@H](CCC(=O)O)C(=O)O)cc3)nc2c(=O)[nH]1. The van der Waals surface area contributed by atoms with Crippen molar-refractivity contribution in [3.63, 3.8) is 0 Å². The second-order valence-electron chi connectivity index (χ2n) is 11.7. The monoisotopic (exact) mass is 743 g/mol. The zero-order valence-corrected chi connectivity index (χ0v) is 30.3. The van der Waals surface area contributed by atoms with Gasteiger partial charge in [-0.3, -0.25) is 24.2 Å². The summed E-state index contributed by atoms with van der Waals surface area (Å²) in [4.78, 5) is 70.9. The summed E-state index contributed by atoms with van der Waals surface area (Å²) in [7, 11) is 0. The predicted octanol–water partition coefficient (Wildman–Crippen LogP) is 5.95. The molecule has 2 aromatic heterocycles. The molecule has 3 rings (SSSR count). The Morgan fingerprint density at radius 1 is 0.815 bits per heavy atom. The number of H-pyrrole nitrogens is 1. The summed E-state index contributed by atoms with van der Waals surface area (Å²) in [6.45, 7) is 2.38. The molecule has 0 bridgehead atoms. The van der Waals surface area contributed by atoms with E-state index >= 15 is 0 Å². The summed E-state index contributed by atoms with van der Waals surface area (Å²) < 4.78 is 0. The molecule has 0 aliphatic heterocycles. The first-order chi connectivity index (χ1) is 26.0. The molecule has 54 heavy (non-hydrogen) atoms. The first-order valence-corrected chi connectivity index (χ1v) is 17.6. The van der Waals surface area contributed by atoms with Gasteiger partial charge in [0.05, 0.1) is 18.4 Å². The largest absolute Gasteiger partial charge is 0.481 e. The average molecular weight is 744 g/mol. The number of anilines is 2. The zero-order valence-electron chi connectivity index (χ0n) is 30.3. The van der Waals surface area contributed by atoms with Gasteiger partial charge in [-0.05, 0) is 75.6 Å². The van der Waals surface area contributed by atoms with Crippen LogP contribution >= 0.6 is 0 Å². The molecule has 0 spiro atoms. The molecule has 1 atom stereocenters. The Morgan fingerprint density at radius 3 is 1.94 bits per heavy atom. The number of hydrogen-bond acceptors (Lipinski definition) is 10. The summed E-state index contributed by atoms with van der Waals surface area (Å²) >= 11 is 0. The highest BCUT2D eigenvalue weighted by Crippen LogP contribution is 2.12. The molecule has 0 aliphatic rings. The van der Waals surface area contributed by atoms with Crippen molar-refractivity contribution in [3.05, 3.63) is 113 Å². The van der Waals surface area contributed by atoms with Crippen molar-refractivity contribution in [2.45, 2.75) is 83.7 Å². The molecule has 0 aliphatic carbocycles. The van der Waals surface area contributed by atoms with Crippen LogP contribution in [-0.2, 0) is 20.9 Å². The zero-order chi connectivity index (χ0) is 39.6. The number of nitrogens with one attached hydrogen (secondary N) is 3. The lowest BCUT2D eigenvalue weighted by atomic mass is 10.1. The van der Waals surface area contributed by atoms with E-state index in [4.69, 9.17) is 21.1 Å². The lowest BCUT2D eigenvalue weighted by molar-refractivity contribution is -0.141. The van der Waals surface area contributed by atoms with Crippen LogP contribution in [0.25, 0.3) is 11.2 Å². The van der Waals surface area contributed by atoms with Crippen LogP contribution in [0.5, 0.6) is 0 Å². The maximum atomic E-state index is 12.3. The molecule has 0 saturated carbocycles. The lowest BCUT2D eigenvalue weighted by Gasteiger charge is -2.14. The average Bonchev–Trinajstić information content (AvgIpc) is 3.14. The molecule has 3 aromatic rings. The number of carbonyl (C=O) groups is 4. The third-order valence-corrected chi connectivity index (χ3v) is 7.28. The Labute approximate surface area is 313 Å². The number of aliphatic carboxylic acids is 3. The Balaban J connectivity index is 0.000000404. The number of hydrogen-bond donors (Lipinski definition) is 7. The Bertz CT molecular complexity index is 1860. The smallest absolute Gasteiger partial charge is 0.326 e. The highest BCUT2D eigenvalue weighted by Gasteiger charge is 2.21. The number of amides is 1. The van der Waals surface area contributed by atoms with Gasteiger partial charge < -0.3 is 31.7 Å². The maximum Gasteiger partial charge on any atom is 0.326 e. The van der Waals surface area contributed by atoms with E-state index in [-0.39, 0.29) is 48.5 Å². The number of nitrogens with zero attached hydrogens (tertiary/aromatic N) is 3. The molecule has 288 valence electrons. The molecule has 15 heteroatoms. The van der Waals surface area contributed by atoms with Crippen molar-refractivity contribution in [2.75, 3.05) is 11.1 Å². The van der Waals surface area contributed by atoms with Crippen molar-refractivity contribution in [1.29, 1.82) is 0 Å². The van der Waals surface area contributed by atoms with Crippen LogP contribution in [0.15, 0.2) is 96.0 Å². The van der Waals surface area contributed by atoms with Crippen LogP contribution in [0, 0.1) is 0 Å². The van der Waals surface area contributed by atoms with Gasteiger partial charge >= 0.3 is 17.9 Å². The second-order valence-corrected chi connectivity index (χ2v) is 11.7. The van der Waals surface area contributed by atoms with Crippen LogP contribution in [-0.4, -0.2) is 65.1 Å². The number of carboxylic acid groups (broad SMARTS) is 3. The van der Waals surface area contributed by atoms with Gasteiger partial charge in [-0.15, -0.1) is 0 Å². The van der Waals surface area contributed by atoms with Gasteiger partial charge in [-0.1, -0.05) is 67.7 Å². The van der Waals surface area contributed by atoms with Crippen LogP contribution in [0.3, 0.4) is 0 Å². The molecule has 15 nitrogen and oxygen atoms in total. The van der Waals surface area contributed by atoms with Gasteiger partial charge in [0.25, 0.3) is 11.5 Å². The second kappa shape index (κ2) is 25.6. The molecular weight excluding hydrogens is 694 g/mol. The van der Waals surface area contributed by atoms with Crippen LogP contribution < -0.4 is 21.9 Å². The summed E-state index contributed by atoms with van der Waals surface area (Å²) in [6, 6.07) is 4.86. The standard InChI is InChI=1S/C20H30O2.C19H19N7O6/c1-2-3-4-5-6-7-8-9-10-11-12-13-14-15-16-17-18-19-20(21)22;20-19-25-15-14(17(30)26-19)23-11(8-22-15)7-21-10-3-1-9(2-4-10)16(29)24-12(18(31)32)5-6-13(27)28/h3-4,6-7,9-10,12-13,15-16H,2,5,8,11,14,17-19H2,1H3,(H,21,22);1-4,8,12,21H,5-7H2,(H,24,29)(H,27,28)(H,31,32)(H3,20,22,25,26,30)/b4-3-,7-6-,10-9-,13-12-,16-15-;/t;12-/m.0/s1. The molecule has 1 amide bonds. The minimum absolute atomic E-state index is 0.0524. The maximum absolute atomic E-state index is 12.3. The van der Waals surface area contributed by atoms with Gasteiger partial charge in [0, 0.05) is 24.1 Å². The molecule has 1 aromatic carbocycles. The number of fused-ring (bicyclic) bond motifs is 1. The van der Waals surface area contributed by atoms with Crippen molar-refractivity contribution in [2.24, 2.45) is 0 Å². The number of aromatic nitrogens is 4. The van der Waals surface area contributed by atoms with E-state index in [1.54, 1.807) is 12.1 Å². The lowest BCUT2D eigenvalue weighted by Crippen LogP contribution is -2.41. The van der Waals surface area contributed by atoms with Crippen LogP contribution in [0.4, 0.5) is 11.6 Å². The van der Waals surface area contributed by atoms with Crippen molar-refractivity contribution in [3.8, 4) is 0 Å². The van der Waals surface area contributed by atoms with Crippen molar-refractivity contribution in [1.82, 2.24) is 25.3 Å². The molecule has 8 N–H and O–H groups in total. The van der Waals surface area contributed by atoms with Gasteiger partial charge in [0.2, 0.25) is 5.95 Å². The Morgan fingerprint density at radius 2 is 1.39 bits per heavy atom. The van der Waals surface area contributed by atoms with Gasteiger partial charge in [0.1, 0.15) is 6.04 Å². The molecule has 0 fully saturated rings. The Kier molecular flexibility index (Phi) is 20.7. The minimum Gasteiger partial charge on any atom is -0.481 e. The number of unbranched alkanes of at least 4 members (excludes halogenated alkanes) is 1. The summed E-state index contributed by atoms with van der Waals surface area (Å²) in [6.07, 6.45) is 29.3. The number of aromatic amines is 1. The molecular formula is C39H49N7O8. The van der Waals surface area contributed by atoms with Crippen molar-refractivity contribution >= 4 is 46.6 Å². The van der Waals surface area contributed by atoms with E-state index < -0.39 is 35.4 Å². The molecule has 0 saturated heterocycles. The molecule has 0 radical (unpaired) electrons. The van der Waals surface area contributed by atoms with E-state index in [1.165, 1.54) is 18.3 Å². The number of benzene rings is 1. The van der Waals surface area contributed by atoms with Crippen LogP contribution in [0.1, 0.15) is 87.2 Å².